The Labute approximate surface area is 115 Å². The number of benzene rings is 1. The number of nitrogens with one attached hydrogen (secondary N) is 1. The Hall–Kier alpha value is -0.970. The molecule has 1 aromatic carbocycles. The van der Waals surface area contributed by atoms with Crippen molar-refractivity contribution >= 4 is 23.1 Å². The zero-order chi connectivity index (χ0) is 12.4. The smallest absolute Gasteiger partial charge is 0.124 e. The van der Waals surface area contributed by atoms with E-state index in [0.29, 0.717) is 11.3 Å². The maximum atomic E-state index is 5.86. The summed E-state index contributed by atoms with van der Waals surface area (Å²) in [6, 6.07) is 12.9. The van der Waals surface area contributed by atoms with Crippen molar-refractivity contribution in [3.05, 3.63) is 47.3 Å². The summed E-state index contributed by atoms with van der Waals surface area (Å²) in [5.41, 5.74) is 1.26. The van der Waals surface area contributed by atoms with Gasteiger partial charge in [-0.2, -0.15) is 0 Å². The van der Waals surface area contributed by atoms with E-state index < -0.39 is 0 Å². The van der Waals surface area contributed by atoms with E-state index in [2.05, 4.69) is 35.0 Å². The van der Waals surface area contributed by atoms with Crippen molar-refractivity contribution in [2.45, 2.75) is 15.5 Å². The van der Waals surface area contributed by atoms with Gasteiger partial charge >= 0.3 is 0 Å². The second-order valence-electron chi connectivity index (χ2n) is 4.20. The van der Waals surface area contributed by atoms with Crippen LogP contribution >= 0.6 is 23.1 Å². The maximum absolute atomic E-state index is 5.86. The van der Waals surface area contributed by atoms with E-state index in [9.17, 15) is 0 Å². The number of hydrogen-bond donors (Lipinski definition) is 1. The van der Waals surface area contributed by atoms with Gasteiger partial charge in [-0.3, -0.25) is 0 Å². The second kappa shape index (κ2) is 5.34. The zero-order valence-electron chi connectivity index (χ0n) is 10.1. The summed E-state index contributed by atoms with van der Waals surface area (Å²) in [5, 5.41) is 5.97. The Morgan fingerprint density at radius 2 is 2.17 bits per heavy atom. The highest BCUT2D eigenvalue weighted by molar-refractivity contribution is 8.01. The van der Waals surface area contributed by atoms with E-state index in [1.807, 2.05) is 30.9 Å². The first-order valence-electron chi connectivity index (χ1n) is 5.97. The lowest BCUT2D eigenvalue weighted by Gasteiger charge is -2.32. The fraction of sp³-hybridized carbons (Fsp3) is 0.286. The third-order valence-corrected chi connectivity index (χ3v) is 5.42. The van der Waals surface area contributed by atoms with Crippen LogP contribution in [0.4, 0.5) is 0 Å². The molecule has 94 valence electrons. The molecule has 1 aromatic heterocycles. The van der Waals surface area contributed by atoms with Gasteiger partial charge in [0.2, 0.25) is 0 Å². The van der Waals surface area contributed by atoms with E-state index in [1.54, 1.807) is 11.3 Å². The van der Waals surface area contributed by atoms with Crippen LogP contribution in [-0.4, -0.2) is 18.9 Å². The van der Waals surface area contributed by atoms with Crippen LogP contribution in [0.1, 0.15) is 11.6 Å². The molecule has 0 aliphatic carbocycles. The summed E-state index contributed by atoms with van der Waals surface area (Å²) in [5.74, 6) is 1.01. The molecule has 0 saturated carbocycles. The number of hydrogen-bond acceptors (Lipinski definition) is 4. The number of ether oxygens (including phenoxy) is 1. The van der Waals surface area contributed by atoms with Gasteiger partial charge in [-0.05, 0) is 24.6 Å². The van der Waals surface area contributed by atoms with Crippen molar-refractivity contribution < 1.29 is 4.74 Å². The van der Waals surface area contributed by atoms with Crippen molar-refractivity contribution in [1.82, 2.24) is 5.32 Å². The molecule has 2 atom stereocenters. The third-order valence-electron chi connectivity index (χ3n) is 3.10. The van der Waals surface area contributed by atoms with E-state index in [0.717, 1.165) is 12.4 Å². The molecule has 18 heavy (non-hydrogen) atoms. The minimum Gasteiger partial charge on any atom is -0.492 e. The lowest BCUT2D eigenvalue weighted by Crippen LogP contribution is -2.35. The summed E-state index contributed by atoms with van der Waals surface area (Å²) in [4.78, 5) is 0. The number of thioether (sulfide) groups is 1. The number of thiophene rings is 1. The summed E-state index contributed by atoms with van der Waals surface area (Å²) >= 11 is 3.69. The van der Waals surface area contributed by atoms with Gasteiger partial charge in [0, 0.05) is 5.56 Å². The monoisotopic (exact) mass is 277 g/mol. The Morgan fingerprint density at radius 3 is 2.94 bits per heavy atom. The molecule has 4 heteroatoms. The summed E-state index contributed by atoms with van der Waals surface area (Å²) < 4.78 is 7.21. The molecule has 0 fully saturated rings. The molecule has 2 aromatic rings. The molecule has 2 nitrogen and oxygen atoms in total. The number of para-hydroxylation sites is 1. The SMILES string of the molecule is CNC1c2ccccc2OCC1Sc1cccs1. The molecule has 0 spiro atoms. The largest absolute Gasteiger partial charge is 0.492 e. The van der Waals surface area contributed by atoms with Gasteiger partial charge in [0.15, 0.2) is 0 Å². The fourth-order valence-corrected chi connectivity index (χ4v) is 4.48. The summed E-state index contributed by atoms with van der Waals surface area (Å²) in [7, 11) is 2.02. The summed E-state index contributed by atoms with van der Waals surface area (Å²) in [6.45, 7) is 0.755. The first kappa shape index (κ1) is 12.1. The van der Waals surface area contributed by atoms with Crippen molar-refractivity contribution in [2.24, 2.45) is 0 Å². The molecule has 0 bridgehead atoms. The van der Waals surface area contributed by atoms with Crippen LogP contribution in [0, 0.1) is 0 Å². The first-order valence-corrected chi connectivity index (χ1v) is 7.73. The van der Waals surface area contributed by atoms with Crippen LogP contribution in [-0.2, 0) is 0 Å². The van der Waals surface area contributed by atoms with Crippen molar-refractivity contribution in [3.63, 3.8) is 0 Å². The molecule has 1 aliphatic rings. The Bertz CT molecular complexity index is 512. The molecule has 1 aliphatic heterocycles. The van der Waals surface area contributed by atoms with Gasteiger partial charge < -0.3 is 10.1 Å². The van der Waals surface area contributed by atoms with E-state index in [1.165, 1.54) is 9.77 Å². The molecule has 1 N–H and O–H groups in total. The van der Waals surface area contributed by atoms with E-state index in [4.69, 9.17) is 4.74 Å². The van der Waals surface area contributed by atoms with Gasteiger partial charge in [0.05, 0.1) is 15.5 Å². The second-order valence-corrected chi connectivity index (χ2v) is 6.69. The van der Waals surface area contributed by atoms with Gasteiger partial charge in [0.1, 0.15) is 12.4 Å². The molecule has 2 unspecified atom stereocenters. The predicted octanol–water partition coefficient (Wildman–Crippen LogP) is 3.56. The highest BCUT2D eigenvalue weighted by atomic mass is 32.2. The van der Waals surface area contributed by atoms with Gasteiger partial charge in [-0.1, -0.05) is 24.3 Å². The third kappa shape index (κ3) is 2.28. The Balaban J connectivity index is 1.85. The molecule has 0 saturated heterocycles. The average molecular weight is 277 g/mol. The topological polar surface area (TPSA) is 21.3 Å². The number of rotatable bonds is 3. The first-order chi connectivity index (χ1) is 8.88. The van der Waals surface area contributed by atoms with Gasteiger partial charge in [-0.15, -0.1) is 23.1 Å². The fourth-order valence-electron chi connectivity index (χ4n) is 2.26. The van der Waals surface area contributed by atoms with Crippen LogP contribution in [0.25, 0.3) is 0 Å². The van der Waals surface area contributed by atoms with Crippen LogP contribution in [0.3, 0.4) is 0 Å². The van der Waals surface area contributed by atoms with Crippen molar-refractivity contribution in [2.75, 3.05) is 13.7 Å². The highest BCUT2D eigenvalue weighted by Crippen LogP contribution is 2.40. The van der Waals surface area contributed by atoms with Crippen molar-refractivity contribution in [3.8, 4) is 5.75 Å². The molecule has 0 radical (unpaired) electrons. The minimum atomic E-state index is 0.349. The maximum Gasteiger partial charge on any atom is 0.124 e. The van der Waals surface area contributed by atoms with Crippen LogP contribution in [0.15, 0.2) is 46.0 Å². The molecular formula is C14H15NOS2. The minimum absolute atomic E-state index is 0.349. The highest BCUT2D eigenvalue weighted by Gasteiger charge is 2.30. The number of fused-ring (bicyclic) bond motifs is 1. The van der Waals surface area contributed by atoms with Crippen LogP contribution in [0.2, 0.25) is 0 Å². The summed E-state index contributed by atoms with van der Waals surface area (Å²) in [6.07, 6.45) is 0. The van der Waals surface area contributed by atoms with Crippen LogP contribution < -0.4 is 10.1 Å². The molecular weight excluding hydrogens is 262 g/mol. The standard InChI is InChI=1S/C14H15NOS2/c1-15-14-10-5-2-3-6-11(10)16-9-12(14)18-13-7-4-8-17-13/h2-8,12,14-15H,9H2,1H3. The normalized spacial score (nSPS) is 22.3. The van der Waals surface area contributed by atoms with E-state index >= 15 is 0 Å². The van der Waals surface area contributed by atoms with Crippen LogP contribution in [0.5, 0.6) is 5.75 Å². The zero-order valence-corrected chi connectivity index (χ0v) is 11.8. The molecule has 3 rings (SSSR count). The van der Waals surface area contributed by atoms with Gasteiger partial charge in [-0.25, -0.2) is 0 Å². The Morgan fingerprint density at radius 1 is 1.28 bits per heavy atom. The molecule has 2 heterocycles. The van der Waals surface area contributed by atoms with Crippen molar-refractivity contribution in [1.29, 1.82) is 0 Å². The molecule has 0 amide bonds. The predicted molar refractivity (Wildman–Crippen MR) is 77.7 cm³/mol. The Kier molecular flexibility index (Phi) is 3.59. The lowest BCUT2D eigenvalue weighted by atomic mass is 10.0. The van der Waals surface area contributed by atoms with E-state index in [-0.39, 0.29) is 0 Å². The average Bonchev–Trinajstić information content (AvgIpc) is 2.91. The quantitative estimate of drug-likeness (QED) is 0.927. The lowest BCUT2D eigenvalue weighted by molar-refractivity contribution is 0.265. The van der Waals surface area contributed by atoms with Gasteiger partial charge in [0.25, 0.3) is 0 Å².